The lowest BCUT2D eigenvalue weighted by atomic mass is 9.70. The maximum absolute atomic E-state index is 12.2. The Balaban J connectivity index is 1.65. The second-order valence-corrected chi connectivity index (χ2v) is 7.64. The molecule has 0 amide bonds. The highest BCUT2D eigenvalue weighted by Gasteiger charge is 2.62. The second kappa shape index (κ2) is 4.82. The third kappa shape index (κ3) is 2.27. The summed E-state index contributed by atoms with van der Waals surface area (Å²) in [6.45, 7) is 9.33. The topological polar surface area (TPSA) is 30.2 Å². The molecule has 0 saturated heterocycles. The predicted molar refractivity (Wildman–Crippen MR) is 80.5 cm³/mol. The van der Waals surface area contributed by atoms with Gasteiger partial charge in [-0.2, -0.15) is 4.57 Å². The number of fused-ring (bicyclic) bond motifs is 2. The summed E-state index contributed by atoms with van der Waals surface area (Å²) in [5.41, 5.74) is 1.63. The molecule has 2 bridgehead atoms. The van der Waals surface area contributed by atoms with Crippen LogP contribution in [0, 0.1) is 23.7 Å². The smallest absolute Gasteiger partial charge is 0.372 e. The van der Waals surface area contributed by atoms with E-state index in [1.165, 1.54) is 18.4 Å². The van der Waals surface area contributed by atoms with Crippen molar-refractivity contribution < 1.29 is 14.1 Å². The van der Waals surface area contributed by atoms with Gasteiger partial charge in [-0.3, -0.25) is 0 Å². The number of nitrogens with zero attached hydrogens (tertiary/aromatic N) is 1. The number of carbonyl (C=O) groups is 1. The molecule has 2 aliphatic carbocycles. The number of rotatable bonds is 3. The molecular formula is C18H26NO2+. The van der Waals surface area contributed by atoms with Crippen molar-refractivity contribution in [2.45, 2.75) is 59.6 Å². The quantitative estimate of drug-likeness (QED) is 0.632. The lowest BCUT2D eigenvalue weighted by Gasteiger charge is -2.38. The van der Waals surface area contributed by atoms with Crippen LogP contribution in [0.1, 0.15) is 45.6 Å². The van der Waals surface area contributed by atoms with Gasteiger partial charge in [0.25, 0.3) is 0 Å². The summed E-state index contributed by atoms with van der Waals surface area (Å²) < 4.78 is 7.74. The molecule has 21 heavy (non-hydrogen) atoms. The lowest BCUT2D eigenvalue weighted by Crippen LogP contribution is -2.43. The molecule has 2 aliphatic rings. The fourth-order valence-electron chi connectivity index (χ4n) is 4.29. The van der Waals surface area contributed by atoms with E-state index in [4.69, 9.17) is 4.74 Å². The van der Waals surface area contributed by atoms with E-state index in [9.17, 15) is 4.79 Å². The van der Waals surface area contributed by atoms with Crippen LogP contribution in [0.25, 0.3) is 0 Å². The zero-order chi connectivity index (χ0) is 15.3. The van der Waals surface area contributed by atoms with Gasteiger partial charge in [-0.1, -0.05) is 20.8 Å². The minimum absolute atomic E-state index is 0.0878. The Bertz CT molecular complexity index is 549. The standard InChI is InChI=1S/C18H26NO2/c1-13-6-9-19(10-7-13)12-16(20)21-15-11-14-5-8-18(15,4)17(14,2)3/h6-7,9-10,14-15H,5,8,11-12H2,1-4H3/q+1/t14-,15-,18+/m1/s1. The van der Waals surface area contributed by atoms with Gasteiger partial charge < -0.3 is 4.74 Å². The number of aryl methyl sites for hydroxylation is 1. The van der Waals surface area contributed by atoms with Crippen LogP contribution in [-0.4, -0.2) is 12.1 Å². The number of hydrogen-bond donors (Lipinski definition) is 0. The Morgan fingerprint density at radius 3 is 2.52 bits per heavy atom. The Kier molecular flexibility index (Phi) is 3.34. The van der Waals surface area contributed by atoms with Gasteiger partial charge >= 0.3 is 5.97 Å². The van der Waals surface area contributed by atoms with E-state index in [-0.39, 0.29) is 22.9 Å². The number of pyridine rings is 1. The van der Waals surface area contributed by atoms with Crippen LogP contribution < -0.4 is 4.57 Å². The van der Waals surface area contributed by atoms with E-state index in [1.807, 2.05) is 36.0 Å². The fraction of sp³-hybridized carbons (Fsp3) is 0.667. The van der Waals surface area contributed by atoms with Crippen LogP contribution in [0.3, 0.4) is 0 Å². The van der Waals surface area contributed by atoms with Crippen LogP contribution in [0.15, 0.2) is 24.5 Å². The largest absolute Gasteiger partial charge is 0.457 e. The highest BCUT2D eigenvalue weighted by Crippen LogP contribution is 2.66. The molecule has 0 aliphatic heterocycles. The minimum Gasteiger partial charge on any atom is -0.457 e. The monoisotopic (exact) mass is 288 g/mol. The van der Waals surface area contributed by atoms with Gasteiger partial charge in [0.2, 0.25) is 6.54 Å². The SMILES string of the molecule is Cc1cc[n+](CC(=O)O[C@@H]2C[C@H]3CC[C@]2(C)C3(C)C)cc1. The van der Waals surface area contributed by atoms with Crippen LogP contribution >= 0.6 is 0 Å². The third-order valence-electron chi connectivity index (χ3n) is 6.36. The van der Waals surface area contributed by atoms with E-state index < -0.39 is 0 Å². The third-order valence-corrected chi connectivity index (χ3v) is 6.36. The van der Waals surface area contributed by atoms with Crippen molar-refractivity contribution in [3.05, 3.63) is 30.1 Å². The van der Waals surface area contributed by atoms with Gasteiger partial charge in [0.15, 0.2) is 12.4 Å². The zero-order valence-electron chi connectivity index (χ0n) is 13.6. The van der Waals surface area contributed by atoms with Crippen molar-refractivity contribution in [2.24, 2.45) is 16.7 Å². The Morgan fingerprint density at radius 2 is 2.00 bits per heavy atom. The van der Waals surface area contributed by atoms with Gasteiger partial charge in [-0.25, -0.2) is 4.79 Å². The Hall–Kier alpha value is -1.38. The number of ether oxygens (including phenoxy) is 1. The van der Waals surface area contributed by atoms with Crippen LogP contribution in [0.4, 0.5) is 0 Å². The molecule has 3 rings (SSSR count). The van der Waals surface area contributed by atoms with Gasteiger partial charge in [-0.15, -0.1) is 0 Å². The van der Waals surface area contributed by atoms with Crippen LogP contribution in [-0.2, 0) is 16.1 Å². The number of esters is 1. The van der Waals surface area contributed by atoms with E-state index in [0.29, 0.717) is 12.5 Å². The summed E-state index contributed by atoms with van der Waals surface area (Å²) in [5.74, 6) is 0.589. The molecule has 2 fully saturated rings. The minimum atomic E-state index is -0.113. The number of aromatic nitrogens is 1. The molecule has 2 saturated carbocycles. The first-order chi connectivity index (χ1) is 9.83. The van der Waals surface area contributed by atoms with Crippen LogP contribution in [0.2, 0.25) is 0 Å². The fourth-order valence-corrected chi connectivity index (χ4v) is 4.29. The van der Waals surface area contributed by atoms with Crippen molar-refractivity contribution in [1.82, 2.24) is 0 Å². The van der Waals surface area contributed by atoms with Crippen molar-refractivity contribution >= 4 is 5.97 Å². The molecule has 0 spiro atoms. The van der Waals surface area contributed by atoms with Crippen molar-refractivity contribution in [1.29, 1.82) is 0 Å². The molecule has 1 aromatic heterocycles. The molecular weight excluding hydrogens is 262 g/mol. The number of carbonyl (C=O) groups excluding carboxylic acids is 1. The molecule has 1 aromatic rings. The van der Waals surface area contributed by atoms with Crippen molar-refractivity contribution in [3.8, 4) is 0 Å². The average molecular weight is 288 g/mol. The van der Waals surface area contributed by atoms with Crippen molar-refractivity contribution in [2.75, 3.05) is 0 Å². The molecule has 114 valence electrons. The summed E-state index contributed by atoms with van der Waals surface area (Å²) in [4.78, 5) is 12.2. The molecule has 0 N–H and O–H groups in total. The van der Waals surface area contributed by atoms with Gasteiger partial charge in [-0.05, 0) is 43.1 Å². The summed E-state index contributed by atoms with van der Waals surface area (Å²) in [7, 11) is 0. The molecule has 3 heteroatoms. The van der Waals surface area contributed by atoms with Gasteiger partial charge in [0, 0.05) is 17.5 Å². The van der Waals surface area contributed by atoms with Gasteiger partial charge in [0.1, 0.15) is 6.10 Å². The molecule has 3 atom stereocenters. The van der Waals surface area contributed by atoms with E-state index in [2.05, 4.69) is 20.8 Å². The summed E-state index contributed by atoms with van der Waals surface area (Å²) in [6, 6.07) is 4.02. The molecule has 0 radical (unpaired) electrons. The van der Waals surface area contributed by atoms with E-state index in [0.717, 1.165) is 6.42 Å². The van der Waals surface area contributed by atoms with E-state index >= 15 is 0 Å². The maximum atomic E-state index is 12.2. The highest BCUT2D eigenvalue weighted by atomic mass is 16.5. The molecule has 0 unspecified atom stereocenters. The highest BCUT2D eigenvalue weighted by molar-refractivity contribution is 5.68. The summed E-state index contributed by atoms with van der Waals surface area (Å²) >= 11 is 0. The lowest BCUT2D eigenvalue weighted by molar-refractivity contribution is -0.686. The van der Waals surface area contributed by atoms with E-state index in [1.54, 1.807) is 0 Å². The maximum Gasteiger partial charge on any atom is 0.372 e. The molecule has 1 heterocycles. The molecule has 0 aromatic carbocycles. The first-order valence-electron chi connectivity index (χ1n) is 7.98. The van der Waals surface area contributed by atoms with Crippen LogP contribution in [0.5, 0.6) is 0 Å². The summed E-state index contributed by atoms with van der Waals surface area (Å²) in [6.07, 6.45) is 7.45. The molecule has 3 nitrogen and oxygen atoms in total. The zero-order valence-corrected chi connectivity index (χ0v) is 13.6. The normalized spacial score (nSPS) is 33.1. The Morgan fingerprint density at radius 1 is 1.33 bits per heavy atom. The van der Waals surface area contributed by atoms with Crippen molar-refractivity contribution in [3.63, 3.8) is 0 Å². The predicted octanol–water partition coefficient (Wildman–Crippen LogP) is 3.04. The Labute approximate surface area is 127 Å². The second-order valence-electron chi connectivity index (χ2n) is 7.64. The van der Waals surface area contributed by atoms with Gasteiger partial charge in [0.05, 0.1) is 0 Å². The average Bonchev–Trinajstić information content (AvgIpc) is 2.74. The first kappa shape index (κ1) is 14.6. The first-order valence-corrected chi connectivity index (χ1v) is 7.98. The number of hydrogen-bond acceptors (Lipinski definition) is 2. The summed E-state index contributed by atoms with van der Waals surface area (Å²) in [5, 5.41) is 0.